The van der Waals surface area contributed by atoms with Crippen molar-refractivity contribution < 1.29 is 34.2 Å². The zero-order chi connectivity index (χ0) is 50.5. The minimum Gasteiger partial charge on any atom is -0.508 e. The molecular formula is C57H72N4O7Si2. The first-order chi connectivity index (χ1) is 33.4. The van der Waals surface area contributed by atoms with Crippen LogP contribution in [0.3, 0.4) is 0 Å². The summed E-state index contributed by atoms with van der Waals surface area (Å²) in [5, 5.41) is 37.8. The highest BCUT2D eigenvalue weighted by Gasteiger charge is 2.53. The summed E-state index contributed by atoms with van der Waals surface area (Å²) in [7, 11) is -3.04. The minimum atomic E-state index is -3.39. The van der Waals surface area contributed by atoms with Crippen molar-refractivity contribution in [1.82, 2.24) is 19.8 Å². The van der Waals surface area contributed by atoms with Crippen LogP contribution in [0.15, 0.2) is 170 Å². The first-order valence-corrected chi connectivity index (χ1v) is 28.0. The van der Waals surface area contributed by atoms with E-state index in [0.29, 0.717) is 17.7 Å². The van der Waals surface area contributed by atoms with Gasteiger partial charge in [-0.3, -0.25) is 19.4 Å². The van der Waals surface area contributed by atoms with Gasteiger partial charge in [0.25, 0.3) is 16.6 Å². The summed E-state index contributed by atoms with van der Waals surface area (Å²) in [5.41, 5.74) is 1.30. The van der Waals surface area contributed by atoms with Crippen molar-refractivity contribution in [2.75, 3.05) is 46.8 Å². The van der Waals surface area contributed by atoms with Gasteiger partial charge >= 0.3 is 0 Å². The Morgan fingerprint density at radius 2 is 0.900 bits per heavy atom. The summed E-state index contributed by atoms with van der Waals surface area (Å²) < 4.78 is 7.00. The molecule has 11 nitrogen and oxygen atoms in total. The Bertz CT molecular complexity index is 2500. The molecule has 370 valence electrons. The number of aromatic hydroxyl groups is 2. The molecule has 4 N–H and O–H groups in total. The third-order valence-corrected chi connectivity index (χ3v) is 22.9. The van der Waals surface area contributed by atoms with Gasteiger partial charge < -0.3 is 29.5 Å². The van der Waals surface area contributed by atoms with Gasteiger partial charge in [0.15, 0.2) is 0 Å². The molecule has 0 aliphatic carbocycles. The van der Waals surface area contributed by atoms with E-state index in [1.165, 1.54) is 5.06 Å². The molecule has 0 radical (unpaired) electrons. The summed E-state index contributed by atoms with van der Waals surface area (Å²) >= 11 is 0. The first-order valence-electron chi connectivity index (χ1n) is 24.2. The van der Waals surface area contributed by atoms with E-state index >= 15 is 0 Å². The van der Waals surface area contributed by atoms with Crippen LogP contribution in [-0.4, -0.2) is 121 Å². The normalized spacial score (nSPS) is 12.8. The maximum absolute atomic E-state index is 14.2. The van der Waals surface area contributed by atoms with Crippen LogP contribution in [0, 0.1) is 0 Å². The second-order valence-electron chi connectivity index (χ2n) is 20.1. The quantitative estimate of drug-likeness (QED) is 0.0420. The van der Waals surface area contributed by atoms with Crippen molar-refractivity contribution in [2.24, 2.45) is 0 Å². The van der Waals surface area contributed by atoms with Gasteiger partial charge in [-0.15, -0.1) is 0 Å². The van der Waals surface area contributed by atoms with Crippen LogP contribution >= 0.6 is 0 Å². The average molecular weight is 981 g/mol. The lowest BCUT2D eigenvalue weighted by atomic mass is 10.1. The molecule has 13 heteroatoms. The number of benzene rings is 6. The lowest BCUT2D eigenvalue weighted by molar-refractivity contribution is -0.155. The fourth-order valence-electron chi connectivity index (χ4n) is 9.73. The molecule has 0 bridgehead atoms. The third-order valence-electron chi connectivity index (χ3n) is 13.5. The molecule has 0 saturated heterocycles. The number of phenolic OH excluding ortho intramolecular Hbond substituents is 2. The van der Waals surface area contributed by atoms with E-state index in [4.69, 9.17) is 4.53 Å². The van der Waals surface area contributed by atoms with Crippen molar-refractivity contribution >= 4 is 49.2 Å². The fourth-order valence-corrected chi connectivity index (χ4v) is 17.8. The van der Waals surface area contributed by atoms with Crippen molar-refractivity contribution in [1.29, 1.82) is 0 Å². The van der Waals surface area contributed by atoms with Gasteiger partial charge in [0.05, 0.1) is 6.10 Å². The summed E-state index contributed by atoms with van der Waals surface area (Å²) in [5.74, 6) is -0.125. The van der Waals surface area contributed by atoms with E-state index in [9.17, 15) is 29.7 Å². The molecule has 2 amide bonds. The highest BCUT2D eigenvalue weighted by molar-refractivity contribution is 6.99. The largest absolute Gasteiger partial charge is 0.508 e. The Balaban J connectivity index is 1.18. The Morgan fingerprint density at radius 3 is 1.29 bits per heavy atom. The average Bonchev–Trinajstić information content (AvgIpc) is 3.35. The number of nitrogens with zero attached hydrogens (tertiary/aromatic N) is 4. The zero-order valence-electron chi connectivity index (χ0n) is 41.9. The number of phenols is 2. The van der Waals surface area contributed by atoms with E-state index in [2.05, 4.69) is 45.0 Å². The summed E-state index contributed by atoms with van der Waals surface area (Å²) in [4.78, 5) is 46.7. The summed E-state index contributed by atoms with van der Waals surface area (Å²) in [6, 6.07) is 53.9. The van der Waals surface area contributed by atoms with Crippen molar-refractivity contribution in [3.63, 3.8) is 0 Å². The van der Waals surface area contributed by atoms with Crippen LogP contribution in [0.1, 0.15) is 58.6 Å². The molecule has 0 fully saturated rings. The van der Waals surface area contributed by atoms with Crippen LogP contribution in [0.2, 0.25) is 10.1 Å². The first kappa shape index (κ1) is 53.4. The maximum Gasteiger partial charge on any atom is 0.296 e. The van der Waals surface area contributed by atoms with E-state index in [0.717, 1.165) is 20.7 Å². The molecule has 1 atom stereocenters. The van der Waals surface area contributed by atoms with Gasteiger partial charge in [-0.2, -0.15) is 0 Å². The van der Waals surface area contributed by atoms with Crippen molar-refractivity contribution in [2.45, 2.75) is 76.7 Å². The summed E-state index contributed by atoms with van der Waals surface area (Å²) in [6.45, 7) is 12.2. The Hall–Kier alpha value is -5.91. The Morgan fingerprint density at radius 1 is 0.543 bits per heavy atom. The van der Waals surface area contributed by atoms with Gasteiger partial charge in [0.2, 0.25) is 11.8 Å². The van der Waals surface area contributed by atoms with Crippen LogP contribution in [0.25, 0.3) is 0 Å². The molecule has 0 aromatic heterocycles. The lowest BCUT2D eigenvalue weighted by Gasteiger charge is -2.44. The number of para-hydroxylation sites is 2. The molecule has 0 aliphatic rings. The molecule has 0 heterocycles. The molecular weight excluding hydrogens is 909 g/mol. The third kappa shape index (κ3) is 12.9. The summed E-state index contributed by atoms with van der Waals surface area (Å²) in [6.07, 6.45) is -0.764. The molecule has 0 aliphatic heterocycles. The van der Waals surface area contributed by atoms with E-state index in [-0.39, 0.29) is 80.5 Å². The number of rotatable bonds is 23. The van der Waals surface area contributed by atoms with E-state index in [1.54, 1.807) is 43.3 Å². The fraction of sp³-hybridized carbons (Fsp3) is 0.333. The van der Waals surface area contributed by atoms with E-state index < -0.39 is 27.8 Å². The monoisotopic (exact) mass is 980 g/mol. The molecule has 6 rings (SSSR count). The molecule has 6 aromatic rings. The highest BCUT2D eigenvalue weighted by atomic mass is 28.4. The van der Waals surface area contributed by atoms with Crippen LogP contribution < -0.4 is 20.7 Å². The predicted octanol–water partition coefficient (Wildman–Crippen LogP) is 6.48. The van der Waals surface area contributed by atoms with Gasteiger partial charge in [-0.1, -0.05) is 192 Å². The zero-order valence-corrected chi connectivity index (χ0v) is 43.9. The van der Waals surface area contributed by atoms with Crippen molar-refractivity contribution in [3.05, 3.63) is 181 Å². The number of amides is 2. The Kier molecular flexibility index (Phi) is 18.2. The van der Waals surface area contributed by atoms with E-state index in [1.807, 2.05) is 145 Å². The second kappa shape index (κ2) is 23.8. The molecule has 6 aromatic carbocycles. The number of carbonyl (C=O) groups is 2. The standard InChI is InChI=1S/C57H72N4O7Si2/c1-56(2,3)70(50-30-16-10-17-31-50,51-32-18-11-19-33-51)68-59(7)55(66)37-39-61(41-46-25-21-23-35-53(46)64)43-47(62)42-60(40-45-24-20-22-34-52(45)63)38-36-54(65)58(6)44-57(4,5)69(67,48-26-12-8-13-27-48)49-28-14-9-15-29-49/h8-35,47,62-64,67H,36-44H2,1-7H3. The number of aliphatic hydroxyl groups excluding tert-OH is 1. The SMILES string of the molecule is CN(CC(C)(C)[Si](O)(c1ccccc1)c1ccccc1)C(=O)CCN(Cc1ccccc1O)CC(O)CN(CCC(=O)N(C)O[Si](c1ccccc1)(c1ccccc1)C(C)(C)C)Cc1ccccc1O. The number of hydrogen-bond donors (Lipinski definition) is 4. The second-order valence-corrected chi connectivity index (χ2v) is 28.2. The topological polar surface area (TPSA) is 137 Å². The predicted molar refractivity (Wildman–Crippen MR) is 285 cm³/mol. The van der Waals surface area contributed by atoms with Gasteiger partial charge in [0.1, 0.15) is 11.5 Å². The number of carbonyl (C=O) groups excluding carboxylic acids is 2. The number of hydroxylamine groups is 2. The lowest BCUT2D eigenvalue weighted by Crippen LogP contribution is -2.68. The molecule has 70 heavy (non-hydrogen) atoms. The number of aliphatic hydroxyl groups is 1. The highest BCUT2D eigenvalue weighted by Crippen LogP contribution is 2.38. The van der Waals surface area contributed by atoms with Crippen LogP contribution in [-0.2, 0) is 27.2 Å². The van der Waals surface area contributed by atoms with Crippen LogP contribution in [0.5, 0.6) is 11.5 Å². The smallest absolute Gasteiger partial charge is 0.296 e. The van der Waals surface area contributed by atoms with Gasteiger partial charge in [0, 0.05) is 88.9 Å². The van der Waals surface area contributed by atoms with Crippen LogP contribution in [0.4, 0.5) is 0 Å². The van der Waals surface area contributed by atoms with Gasteiger partial charge in [-0.05, 0) is 37.9 Å². The van der Waals surface area contributed by atoms with Crippen molar-refractivity contribution in [3.8, 4) is 11.5 Å². The maximum atomic E-state index is 14.2. The Labute approximate surface area is 417 Å². The molecule has 0 spiro atoms. The van der Waals surface area contributed by atoms with Gasteiger partial charge in [-0.25, -0.2) is 5.06 Å². The minimum absolute atomic E-state index is 0.0698. The molecule has 1 unspecified atom stereocenters. The number of hydrogen-bond acceptors (Lipinski definition) is 9. The molecule has 0 saturated carbocycles.